The quantitative estimate of drug-likeness (QED) is 0.701. The Morgan fingerprint density at radius 3 is 2.08 bits per heavy atom. The van der Waals surface area contributed by atoms with Crippen molar-refractivity contribution in [1.82, 2.24) is 4.90 Å². The molecule has 74 valence electrons. The van der Waals surface area contributed by atoms with Crippen molar-refractivity contribution in [2.45, 2.75) is 19.4 Å². The minimum atomic E-state index is 0. The molecule has 0 radical (unpaired) electrons. The van der Waals surface area contributed by atoms with Gasteiger partial charge >= 0.3 is 0 Å². The lowest BCUT2D eigenvalue weighted by molar-refractivity contribution is 0.292. The lowest BCUT2D eigenvalue weighted by Gasteiger charge is -2.22. The van der Waals surface area contributed by atoms with Gasteiger partial charge in [0.25, 0.3) is 0 Å². The normalized spacial score (nSPS) is 12.3. The minimum absolute atomic E-state index is 0. The molecular weight excluding hydrogens is 162 g/mol. The third kappa shape index (κ3) is 3.17. The van der Waals surface area contributed by atoms with Crippen molar-refractivity contribution in [3.8, 4) is 0 Å². The molecule has 1 rings (SSSR count). The third-order valence-electron chi connectivity index (χ3n) is 2.19. The van der Waals surface area contributed by atoms with Crippen molar-refractivity contribution in [3.05, 3.63) is 35.9 Å². The van der Waals surface area contributed by atoms with Crippen LogP contribution in [0.15, 0.2) is 30.3 Å². The van der Waals surface area contributed by atoms with Crippen LogP contribution in [-0.2, 0) is 0 Å². The van der Waals surface area contributed by atoms with E-state index in [9.17, 15) is 0 Å². The highest BCUT2D eigenvalue weighted by Crippen LogP contribution is 2.20. The Bertz CT molecular complexity index is 221. The first-order valence-electron chi connectivity index (χ1n) is 4.47. The van der Waals surface area contributed by atoms with Crippen molar-refractivity contribution >= 4 is 0 Å². The maximum Gasteiger partial charge on any atom is 0.0339 e. The smallest absolute Gasteiger partial charge is 0.0339 e. The average Bonchev–Trinajstić information content (AvgIpc) is 2.07. The molecule has 0 saturated carbocycles. The average molecular weight is 181 g/mol. The van der Waals surface area contributed by atoms with Gasteiger partial charge in [0.15, 0.2) is 0 Å². The van der Waals surface area contributed by atoms with E-state index < -0.39 is 0 Å². The lowest BCUT2D eigenvalue weighted by Crippen LogP contribution is -2.18. The summed E-state index contributed by atoms with van der Waals surface area (Å²) in [6.45, 7) is 2.22. The Balaban J connectivity index is 0.00000144. The number of rotatable bonds is 3. The molecular formula is C11H19NO. The topological polar surface area (TPSA) is 34.7 Å². The molecule has 0 fully saturated rings. The molecule has 0 heterocycles. The SMILES string of the molecule is CCC(c1ccccc1)N(C)C.O. The number of hydrogen-bond acceptors (Lipinski definition) is 1. The summed E-state index contributed by atoms with van der Waals surface area (Å²) in [6, 6.07) is 11.2. The molecule has 0 aliphatic rings. The standard InChI is InChI=1S/C11H17N.H2O/c1-4-11(12(2)3)10-8-6-5-7-9-10;/h5-9,11H,4H2,1-3H3;1H2. The van der Waals surface area contributed by atoms with Gasteiger partial charge in [0.1, 0.15) is 0 Å². The van der Waals surface area contributed by atoms with Crippen molar-refractivity contribution in [2.75, 3.05) is 14.1 Å². The second-order valence-corrected chi connectivity index (χ2v) is 3.30. The van der Waals surface area contributed by atoms with Crippen LogP contribution in [0.5, 0.6) is 0 Å². The summed E-state index contributed by atoms with van der Waals surface area (Å²) in [5.41, 5.74) is 1.41. The van der Waals surface area contributed by atoms with E-state index in [0.29, 0.717) is 6.04 Å². The summed E-state index contributed by atoms with van der Waals surface area (Å²) in [7, 11) is 4.25. The number of hydrogen-bond donors (Lipinski definition) is 0. The van der Waals surface area contributed by atoms with E-state index >= 15 is 0 Å². The molecule has 0 aromatic heterocycles. The maximum absolute atomic E-state index is 2.26. The molecule has 0 aliphatic heterocycles. The first-order chi connectivity index (χ1) is 5.75. The summed E-state index contributed by atoms with van der Waals surface area (Å²) in [5.74, 6) is 0. The van der Waals surface area contributed by atoms with Gasteiger partial charge in [-0.3, -0.25) is 0 Å². The molecule has 1 aromatic carbocycles. The zero-order chi connectivity index (χ0) is 8.97. The van der Waals surface area contributed by atoms with Crippen molar-refractivity contribution in [1.29, 1.82) is 0 Å². The van der Waals surface area contributed by atoms with Gasteiger partial charge < -0.3 is 10.4 Å². The van der Waals surface area contributed by atoms with Gasteiger partial charge in [-0.15, -0.1) is 0 Å². The van der Waals surface area contributed by atoms with Gasteiger partial charge in [0, 0.05) is 6.04 Å². The Kier molecular flexibility index (Phi) is 5.35. The van der Waals surface area contributed by atoms with Crippen LogP contribution in [0.2, 0.25) is 0 Å². The fraction of sp³-hybridized carbons (Fsp3) is 0.455. The fourth-order valence-electron chi connectivity index (χ4n) is 1.57. The molecule has 2 N–H and O–H groups in total. The first-order valence-corrected chi connectivity index (χ1v) is 4.47. The molecule has 2 heteroatoms. The molecule has 13 heavy (non-hydrogen) atoms. The highest BCUT2D eigenvalue weighted by molar-refractivity contribution is 5.18. The van der Waals surface area contributed by atoms with E-state index in [2.05, 4.69) is 56.3 Å². The van der Waals surface area contributed by atoms with Gasteiger partial charge in [-0.2, -0.15) is 0 Å². The molecule has 1 unspecified atom stereocenters. The molecule has 0 bridgehead atoms. The highest BCUT2D eigenvalue weighted by atomic mass is 16.0. The van der Waals surface area contributed by atoms with Gasteiger partial charge in [-0.25, -0.2) is 0 Å². The van der Waals surface area contributed by atoms with E-state index in [1.54, 1.807) is 0 Å². The summed E-state index contributed by atoms with van der Waals surface area (Å²) in [5, 5.41) is 0. The van der Waals surface area contributed by atoms with Crippen LogP contribution in [0.4, 0.5) is 0 Å². The highest BCUT2D eigenvalue weighted by Gasteiger charge is 2.09. The van der Waals surface area contributed by atoms with Crippen molar-refractivity contribution < 1.29 is 5.48 Å². The molecule has 0 spiro atoms. The summed E-state index contributed by atoms with van der Waals surface area (Å²) in [6.07, 6.45) is 1.16. The van der Waals surface area contributed by atoms with Gasteiger partial charge in [-0.1, -0.05) is 37.3 Å². The zero-order valence-electron chi connectivity index (χ0n) is 8.62. The van der Waals surface area contributed by atoms with E-state index in [0.717, 1.165) is 6.42 Å². The zero-order valence-corrected chi connectivity index (χ0v) is 8.62. The third-order valence-corrected chi connectivity index (χ3v) is 2.19. The van der Waals surface area contributed by atoms with Gasteiger partial charge in [0.05, 0.1) is 0 Å². The van der Waals surface area contributed by atoms with Gasteiger partial charge in [0.2, 0.25) is 0 Å². The van der Waals surface area contributed by atoms with E-state index in [-0.39, 0.29) is 5.48 Å². The lowest BCUT2D eigenvalue weighted by atomic mass is 10.0. The second-order valence-electron chi connectivity index (χ2n) is 3.30. The Labute approximate surface area is 80.5 Å². The molecule has 1 aromatic rings. The molecule has 0 saturated heterocycles. The molecule has 0 aliphatic carbocycles. The van der Waals surface area contributed by atoms with Crippen molar-refractivity contribution in [3.63, 3.8) is 0 Å². The first kappa shape index (κ1) is 12.1. The Morgan fingerprint density at radius 1 is 1.15 bits per heavy atom. The van der Waals surface area contributed by atoms with Gasteiger partial charge in [-0.05, 0) is 26.1 Å². The van der Waals surface area contributed by atoms with Crippen LogP contribution in [0, 0.1) is 0 Å². The summed E-state index contributed by atoms with van der Waals surface area (Å²) < 4.78 is 0. The monoisotopic (exact) mass is 181 g/mol. The van der Waals surface area contributed by atoms with Crippen LogP contribution < -0.4 is 0 Å². The maximum atomic E-state index is 2.26. The number of benzene rings is 1. The van der Waals surface area contributed by atoms with Crippen LogP contribution in [0.3, 0.4) is 0 Å². The van der Waals surface area contributed by atoms with Crippen LogP contribution in [0.25, 0.3) is 0 Å². The van der Waals surface area contributed by atoms with Crippen LogP contribution in [-0.4, -0.2) is 24.5 Å². The van der Waals surface area contributed by atoms with E-state index in [4.69, 9.17) is 0 Å². The fourth-order valence-corrected chi connectivity index (χ4v) is 1.57. The number of nitrogens with zero attached hydrogens (tertiary/aromatic N) is 1. The molecule has 1 atom stereocenters. The summed E-state index contributed by atoms with van der Waals surface area (Å²) >= 11 is 0. The molecule has 0 amide bonds. The summed E-state index contributed by atoms with van der Waals surface area (Å²) in [4.78, 5) is 2.26. The predicted octanol–water partition coefficient (Wildman–Crippen LogP) is 1.87. The van der Waals surface area contributed by atoms with Crippen LogP contribution >= 0.6 is 0 Å². The second kappa shape index (κ2) is 5.73. The minimum Gasteiger partial charge on any atom is -0.412 e. The van der Waals surface area contributed by atoms with Crippen molar-refractivity contribution in [2.24, 2.45) is 0 Å². The Morgan fingerprint density at radius 2 is 1.69 bits per heavy atom. The molecule has 2 nitrogen and oxygen atoms in total. The predicted molar refractivity (Wildman–Crippen MR) is 56.8 cm³/mol. The van der Waals surface area contributed by atoms with Crippen LogP contribution in [0.1, 0.15) is 24.9 Å². The Hall–Kier alpha value is -0.860. The van der Waals surface area contributed by atoms with E-state index in [1.165, 1.54) is 5.56 Å². The van der Waals surface area contributed by atoms with E-state index in [1.807, 2.05) is 0 Å². The largest absolute Gasteiger partial charge is 0.412 e.